The van der Waals surface area contributed by atoms with Crippen molar-refractivity contribution in [2.45, 2.75) is 6.92 Å². The van der Waals surface area contributed by atoms with Crippen LogP contribution in [0, 0.1) is 6.92 Å². The highest BCUT2D eigenvalue weighted by Crippen LogP contribution is 2.13. The van der Waals surface area contributed by atoms with E-state index in [1.165, 1.54) is 18.5 Å². The average Bonchev–Trinajstić information content (AvgIpc) is 2.87. The molecular formula is C11H11N3O2. The molecule has 5 nitrogen and oxygen atoms in total. The van der Waals surface area contributed by atoms with Crippen molar-refractivity contribution in [1.82, 2.24) is 14.8 Å². The Bertz CT molecular complexity index is 551. The summed E-state index contributed by atoms with van der Waals surface area (Å²) in [5, 5.41) is 4.01. The molecule has 2 heterocycles. The zero-order chi connectivity index (χ0) is 11.7. The Balaban J connectivity index is 2.38. The number of H-pyrrole nitrogens is 1. The molecule has 0 atom stereocenters. The molecule has 0 amide bonds. The number of hydrogen-bond acceptors (Lipinski definition) is 3. The number of carbonyl (C=O) groups is 2. The zero-order valence-corrected chi connectivity index (χ0v) is 9.02. The fraction of sp³-hybridized carbons (Fsp3) is 0.182. The number of nitrogens with one attached hydrogen (secondary N) is 1. The molecule has 0 aliphatic rings. The topological polar surface area (TPSA) is 67.8 Å². The normalized spacial score (nSPS) is 10.4. The van der Waals surface area contributed by atoms with Gasteiger partial charge in [-0.2, -0.15) is 5.10 Å². The first kappa shape index (κ1) is 10.4. The van der Waals surface area contributed by atoms with Crippen LogP contribution in [0.4, 0.5) is 0 Å². The Kier molecular flexibility index (Phi) is 2.44. The number of ketones is 1. The molecule has 16 heavy (non-hydrogen) atoms. The second kappa shape index (κ2) is 3.77. The summed E-state index contributed by atoms with van der Waals surface area (Å²) in [6, 6.07) is 1.53. The highest BCUT2D eigenvalue weighted by molar-refractivity contribution is 6.10. The van der Waals surface area contributed by atoms with E-state index in [1.807, 2.05) is 6.92 Å². The van der Waals surface area contributed by atoms with Gasteiger partial charge < -0.3 is 4.98 Å². The maximum atomic E-state index is 12.0. The summed E-state index contributed by atoms with van der Waals surface area (Å²) in [5.41, 5.74) is 2.22. The van der Waals surface area contributed by atoms with E-state index < -0.39 is 0 Å². The summed E-state index contributed by atoms with van der Waals surface area (Å²) in [6.07, 6.45) is 3.73. The van der Waals surface area contributed by atoms with Gasteiger partial charge >= 0.3 is 0 Å². The molecule has 2 rings (SSSR count). The molecule has 0 saturated carbocycles. The Hall–Kier alpha value is -2.17. The van der Waals surface area contributed by atoms with Crippen LogP contribution in [0.5, 0.6) is 0 Å². The smallest absolute Gasteiger partial charge is 0.197 e. The third-order valence-electron chi connectivity index (χ3n) is 2.57. The van der Waals surface area contributed by atoms with Crippen molar-refractivity contribution in [2.24, 2.45) is 7.05 Å². The van der Waals surface area contributed by atoms with E-state index in [1.54, 1.807) is 11.7 Å². The van der Waals surface area contributed by atoms with Gasteiger partial charge in [0.1, 0.15) is 0 Å². The van der Waals surface area contributed by atoms with Crippen LogP contribution in [0.3, 0.4) is 0 Å². The van der Waals surface area contributed by atoms with E-state index in [-0.39, 0.29) is 5.78 Å². The van der Waals surface area contributed by atoms with Crippen molar-refractivity contribution in [3.63, 3.8) is 0 Å². The maximum Gasteiger partial charge on any atom is 0.197 e. The quantitative estimate of drug-likeness (QED) is 0.618. The maximum absolute atomic E-state index is 12.0. The molecule has 2 aromatic heterocycles. The molecule has 0 bridgehead atoms. The summed E-state index contributed by atoms with van der Waals surface area (Å²) < 4.78 is 1.64. The third-order valence-corrected chi connectivity index (χ3v) is 2.57. The van der Waals surface area contributed by atoms with E-state index in [4.69, 9.17) is 0 Å². The summed E-state index contributed by atoms with van der Waals surface area (Å²) >= 11 is 0. The lowest BCUT2D eigenvalue weighted by molar-refractivity contribution is 0.103. The number of aldehydes is 1. The predicted octanol–water partition coefficient (Wildman–Crippen LogP) is 1.10. The molecule has 0 aliphatic heterocycles. The lowest BCUT2D eigenvalue weighted by Crippen LogP contribution is -2.02. The lowest BCUT2D eigenvalue weighted by atomic mass is 10.1. The largest absolute Gasteiger partial charge is 0.358 e. The summed E-state index contributed by atoms with van der Waals surface area (Å²) in [5.74, 6) is -0.130. The standard InChI is InChI=1S/C11H11N3O2/c1-7-10(5-13-14(7)2)11(16)8-3-9(6-15)12-4-8/h3-6,12H,1-2H3. The fourth-order valence-electron chi connectivity index (χ4n) is 1.49. The monoisotopic (exact) mass is 217 g/mol. The number of carbonyl (C=O) groups excluding carboxylic acids is 2. The minimum absolute atomic E-state index is 0.130. The predicted molar refractivity (Wildman–Crippen MR) is 57.6 cm³/mol. The van der Waals surface area contributed by atoms with Crippen LogP contribution in [0.2, 0.25) is 0 Å². The average molecular weight is 217 g/mol. The third kappa shape index (κ3) is 1.56. The first-order valence-electron chi connectivity index (χ1n) is 4.80. The van der Waals surface area contributed by atoms with Crippen LogP contribution >= 0.6 is 0 Å². The molecular weight excluding hydrogens is 206 g/mol. The van der Waals surface area contributed by atoms with E-state index in [0.717, 1.165) is 5.69 Å². The summed E-state index contributed by atoms with van der Waals surface area (Å²) in [7, 11) is 1.78. The Morgan fingerprint density at radius 3 is 2.81 bits per heavy atom. The number of nitrogens with zero attached hydrogens (tertiary/aromatic N) is 2. The first-order chi connectivity index (χ1) is 7.63. The molecule has 0 unspecified atom stereocenters. The molecule has 0 fully saturated rings. The van der Waals surface area contributed by atoms with Crippen LogP contribution in [0.15, 0.2) is 18.5 Å². The van der Waals surface area contributed by atoms with Gasteiger partial charge in [0.25, 0.3) is 0 Å². The second-order valence-corrected chi connectivity index (χ2v) is 3.56. The van der Waals surface area contributed by atoms with Crippen molar-refractivity contribution in [3.05, 3.63) is 41.0 Å². The van der Waals surface area contributed by atoms with E-state index in [9.17, 15) is 9.59 Å². The fourth-order valence-corrected chi connectivity index (χ4v) is 1.49. The van der Waals surface area contributed by atoms with Gasteiger partial charge in [-0.1, -0.05) is 0 Å². The molecule has 1 N–H and O–H groups in total. The van der Waals surface area contributed by atoms with Crippen LogP contribution in [0.1, 0.15) is 32.1 Å². The second-order valence-electron chi connectivity index (χ2n) is 3.56. The minimum Gasteiger partial charge on any atom is -0.358 e. The molecule has 0 saturated heterocycles. The van der Waals surface area contributed by atoms with Gasteiger partial charge in [-0.15, -0.1) is 0 Å². The minimum atomic E-state index is -0.130. The van der Waals surface area contributed by atoms with Crippen molar-refractivity contribution < 1.29 is 9.59 Å². The van der Waals surface area contributed by atoms with Crippen molar-refractivity contribution >= 4 is 12.1 Å². The Morgan fingerprint density at radius 2 is 2.31 bits per heavy atom. The van der Waals surface area contributed by atoms with Gasteiger partial charge in [0.05, 0.1) is 17.5 Å². The molecule has 2 aromatic rings. The molecule has 82 valence electrons. The van der Waals surface area contributed by atoms with E-state index >= 15 is 0 Å². The molecule has 0 aliphatic carbocycles. The Labute approximate surface area is 92.1 Å². The van der Waals surface area contributed by atoms with Gasteiger partial charge in [-0.05, 0) is 13.0 Å². The summed E-state index contributed by atoms with van der Waals surface area (Å²) in [6.45, 7) is 1.83. The number of aromatic amines is 1. The zero-order valence-electron chi connectivity index (χ0n) is 9.02. The van der Waals surface area contributed by atoms with Crippen LogP contribution in [0.25, 0.3) is 0 Å². The van der Waals surface area contributed by atoms with Crippen LogP contribution in [-0.4, -0.2) is 26.8 Å². The number of aryl methyl sites for hydroxylation is 1. The van der Waals surface area contributed by atoms with E-state index in [2.05, 4.69) is 10.1 Å². The highest BCUT2D eigenvalue weighted by Gasteiger charge is 2.16. The van der Waals surface area contributed by atoms with Gasteiger partial charge in [0.2, 0.25) is 0 Å². The molecule has 0 aromatic carbocycles. The highest BCUT2D eigenvalue weighted by atomic mass is 16.1. The number of hydrogen-bond donors (Lipinski definition) is 1. The van der Waals surface area contributed by atoms with E-state index in [0.29, 0.717) is 23.1 Å². The lowest BCUT2D eigenvalue weighted by Gasteiger charge is -1.97. The van der Waals surface area contributed by atoms with Crippen LogP contribution in [-0.2, 0) is 7.05 Å². The van der Waals surface area contributed by atoms with Gasteiger partial charge in [-0.3, -0.25) is 14.3 Å². The SMILES string of the molecule is Cc1c(C(=O)c2c[nH]c(C=O)c2)cnn1C. The Morgan fingerprint density at radius 1 is 1.56 bits per heavy atom. The molecule has 0 spiro atoms. The van der Waals surface area contributed by atoms with Crippen molar-refractivity contribution in [2.75, 3.05) is 0 Å². The van der Waals surface area contributed by atoms with Crippen molar-refractivity contribution in [1.29, 1.82) is 0 Å². The van der Waals surface area contributed by atoms with Gasteiger partial charge in [-0.25, -0.2) is 0 Å². The van der Waals surface area contributed by atoms with Gasteiger partial charge in [0, 0.05) is 24.5 Å². The number of aromatic nitrogens is 3. The first-order valence-corrected chi connectivity index (χ1v) is 4.80. The van der Waals surface area contributed by atoms with Crippen LogP contribution < -0.4 is 0 Å². The molecule has 5 heteroatoms. The summed E-state index contributed by atoms with van der Waals surface area (Å²) in [4.78, 5) is 25.2. The molecule has 0 radical (unpaired) electrons. The number of rotatable bonds is 3. The van der Waals surface area contributed by atoms with Crippen molar-refractivity contribution in [3.8, 4) is 0 Å². The van der Waals surface area contributed by atoms with Gasteiger partial charge in [0.15, 0.2) is 12.1 Å².